The molecule has 3 rings (SSSR count). The third-order valence-corrected chi connectivity index (χ3v) is 7.24. The van der Waals surface area contributed by atoms with Gasteiger partial charge < -0.3 is 9.47 Å². The van der Waals surface area contributed by atoms with Crippen LogP contribution in [0.5, 0.6) is 11.5 Å². The van der Waals surface area contributed by atoms with Crippen LogP contribution in [-0.2, 0) is 16.6 Å². The van der Waals surface area contributed by atoms with Gasteiger partial charge in [0, 0.05) is 11.6 Å². The van der Waals surface area contributed by atoms with Crippen LogP contribution in [0.2, 0.25) is 10.0 Å². The molecule has 1 N–H and O–H groups in total. The van der Waals surface area contributed by atoms with E-state index in [1.165, 1.54) is 32.4 Å². The van der Waals surface area contributed by atoms with Gasteiger partial charge in [0.15, 0.2) is 11.5 Å². The Kier molecular flexibility index (Phi) is 8.60. The van der Waals surface area contributed by atoms with Crippen LogP contribution in [0.1, 0.15) is 16.7 Å². The summed E-state index contributed by atoms with van der Waals surface area (Å²) in [4.78, 5) is 12.2. The second kappa shape index (κ2) is 11.3. The van der Waals surface area contributed by atoms with Gasteiger partial charge in [-0.15, -0.1) is 0 Å². The number of nitro benzene ring substituents is 1. The molecule has 0 aliphatic rings. The summed E-state index contributed by atoms with van der Waals surface area (Å²) in [6.45, 7) is 1.71. The van der Waals surface area contributed by atoms with Crippen LogP contribution < -0.4 is 14.3 Å². The van der Waals surface area contributed by atoms with Crippen LogP contribution in [0.4, 0.5) is 5.69 Å². The van der Waals surface area contributed by atoms with Crippen molar-refractivity contribution in [2.24, 2.45) is 5.10 Å². The lowest BCUT2D eigenvalue weighted by atomic mass is 10.2. The number of sulfonamides is 1. The van der Waals surface area contributed by atoms with Crippen LogP contribution in [0.3, 0.4) is 0 Å². The Hall–Kier alpha value is -2.86. The first-order valence-corrected chi connectivity index (χ1v) is 12.8. The van der Waals surface area contributed by atoms with E-state index in [0.717, 1.165) is 11.6 Å². The van der Waals surface area contributed by atoms with Crippen molar-refractivity contribution in [2.75, 3.05) is 7.11 Å². The maximum absolute atomic E-state index is 12.5. The Balaban J connectivity index is 1.76. The van der Waals surface area contributed by atoms with E-state index in [-0.39, 0.29) is 17.2 Å². The standard InChI is InChI=1S/C22H18BrCl2N3O6S/c1-13-3-5-16(10-20(13)28(29)30)35(31,32)27-26-11-15-7-17(23)22(21(9-15)33-2)34-12-14-4-6-18(24)19(25)8-14/h3-11,27H,12H2,1-2H3/b26-11-. The molecule has 13 heteroatoms. The Morgan fingerprint density at radius 1 is 1.14 bits per heavy atom. The van der Waals surface area contributed by atoms with Crippen molar-refractivity contribution < 1.29 is 22.8 Å². The summed E-state index contributed by atoms with van der Waals surface area (Å²) in [5, 5.41) is 15.7. The Morgan fingerprint density at radius 2 is 1.89 bits per heavy atom. The van der Waals surface area contributed by atoms with E-state index < -0.39 is 14.9 Å². The number of hydrazone groups is 1. The van der Waals surface area contributed by atoms with Crippen molar-refractivity contribution in [1.29, 1.82) is 0 Å². The minimum Gasteiger partial charge on any atom is -0.493 e. The third-order valence-electron chi connectivity index (χ3n) is 4.69. The van der Waals surface area contributed by atoms with Crippen LogP contribution >= 0.6 is 39.1 Å². The van der Waals surface area contributed by atoms with E-state index in [9.17, 15) is 18.5 Å². The number of ether oxygens (including phenoxy) is 2. The average Bonchev–Trinajstić information content (AvgIpc) is 2.80. The summed E-state index contributed by atoms with van der Waals surface area (Å²) < 4.78 is 36.8. The van der Waals surface area contributed by atoms with Gasteiger partial charge in [0.1, 0.15) is 6.61 Å². The molecule has 0 atom stereocenters. The summed E-state index contributed by atoms with van der Waals surface area (Å²) in [6.07, 6.45) is 1.26. The number of hydrogen-bond donors (Lipinski definition) is 1. The zero-order valence-electron chi connectivity index (χ0n) is 18.3. The molecule has 0 aliphatic heterocycles. The molecular weight excluding hydrogens is 585 g/mol. The van der Waals surface area contributed by atoms with E-state index in [0.29, 0.717) is 37.1 Å². The number of nitrogens with one attached hydrogen (secondary N) is 1. The fraction of sp³-hybridized carbons (Fsp3) is 0.136. The van der Waals surface area contributed by atoms with Crippen molar-refractivity contribution in [3.63, 3.8) is 0 Å². The second-order valence-corrected chi connectivity index (χ2v) is 10.5. The summed E-state index contributed by atoms with van der Waals surface area (Å²) in [7, 11) is -2.66. The molecule has 0 fully saturated rings. The number of benzene rings is 3. The summed E-state index contributed by atoms with van der Waals surface area (Å²) in [6, 6.07) is 12.0. The molecule has 0 aliphatic carbocycles. The van der Waals surface area contributed by atoms with Crippen molar-refractivity contribution in [1.82, 2.24) is 4.83 Å². The smallest absolute Gasteiger partial charge is 0.276 e. The highest BCUT2D eigenvalue weighted by atomic mass is 79.9. The summed E-state index contributed by atoms with van der Waals surface area (Å²) in [5.41, 5.74) is 1.33. The SMILES string of the molecule is COc1cc(/C=N\NS(=O)(=O)c2ccc(C)c([N+](=O)[O-])c2)cc(Br)c1OCc1ccc(Cl)c(Cl)c1. The highest BCUT2D eigenvalue weighted by Crippen LogP contribution is 2.37. The normalized spacial score (nSPS) is 11.5. The third kappa shape index (κ3) is 6.63. The van der Waals surface area contributed by atoms with E-state index in [4.69, 9.17) is 32.7 Å². The van der Waals surface area contributed by atoms with Gasteiger partial charge in [-0.1, -0.05) is 35.3 Å². The largest absolute Gasteiger partial charge is 0.493 e. The summed E-state index contributed by atoms with van der Waals surface area (Å²) >= 11 is 15.4. The van der Waals surface area contributed by atoms with E-state index in [1.807, 2.05) is 4.83 Å². The lowest BCUT2D eigenvalue weighted by Crippen LogP contribution is -2.18. The molecular formula is C22H18BrCl2N3O6S. The quantitative estimate of drug-likeness (QED) is 0.186. The molecule has 0 heterocycles. The minimum absolute atomic E-state index is 0.196. The van der Waals surface area contributed by atoms with Crippen LogP contribution in [0.15, 0.2) is 63.0 Å². The molecule has 0 bridgehead atoms. The Labute approximate surface area is 220 Å². The van der Waals surface area contributed by atoms with Crippen molar-refractivity contribution in [3.05, 3.63) is 89.9 Å². The number of hydrogen-bond acceptors (Lipinski definition) is 7. The lowest BCUT2D eigenvalue weighted by Gasteiger charge is -2.14. The number of aryl methyl sites for hydroxylation is 1. The van der Waals surface area contributed by atoms with Gasteiger partial charge in [0.25, 0.3) is 15.7 Å². The molecule has 3 aromatic rings. The topological polar surface area (TPSA) is 120 Å². The maximum Gasteiger partial charge on any atom is 0.276 e. The van der Waals surface area contributed by atoms with Gasteiger partial charge in [-0.2, -0.15) is 13.5 Å². The lowest BCUT2D eigenvalue weighted by molar-refractivity contribution is -0.385. The number of rotatable bonds is 9. The number of methoxy groups -OCH3 is 1. The molecule has 3 aromatic carbocycles. The number of nitrogens with zero attached hydrogens (tertiary/aromatic N) is 2. The second-order valence-electron chi connectivity index (χ2n) is 7.13. The number of halogens is 3. The molecule has 0 amide bonds. The highest BCUT2D eigenvalue weighted by Gasteiger charge is 2.19. The molecule has 184 valence electrons. The molecule has 0 saturated carbocycles. The molecule has 0 saturated heterocycles. The zero-order chi connectivity index (χ0) is 25.8. The fourth-order valence-electron chi connectivity index (χ4n) is 2.92. The van der Waals surface area contributed by atoms with Crippen LogP contribution in [-0.4, -0.2) is 26.7 Å². The van der Waals surface area contributed by atoms with E-state index in [2.05, 4.69) is 21.0 Å². The van der Waals surface area contributed by atoms with Crippen LogP contribution in [0.25, 0.3) is 0 Å². The van der Waals surface area contributed by atoms with Crippen molar-refractivity contribution >= 4 is 61.1 Å². The molecule has 0 radical (unpaired) electrons. The summed E-state index contributed by atoms with van der Waals surface area (Å²) in [5.74, 6) is 0.793. The van der Waals surface area contributed by atoms with Gasteiger partial charge in [-0.3, -0.25) is 10.1 Å². The monoisotopic (exact) mass is 601 g/mol. The molecule has 0 unspecified atom stereocenters. The Morgan fingerprint density at radius 3 is 2.54 bits per heavy atom. The Bertz CT molecular complexity index is 1420. The van der Waals surface area contributed by atoms with E-state index >= 15 is 0 Å². The van der Waals surface area contributed by atoms with Gasteiger partial charge in [-0.25, -0.2) is 4.83 Å². The first-order valence-electron chi connectivity index (χ1n) is 9.76. The van der Waals surface area contributed by atoms with Gasteiger partial charge in [0.05, 0.1) is 37.7 Å². The minimum atomic E-state index is -4.12. The number of nitro groups is 1. The molecule has 0 spiro atoms. The zero-order valence-corrected chi connectivity index (χ0v) is 22.2. The predicted octanol–water partition coefficient (Wildman–Crippen LogP) is 5.87. The average molecular weight is 603 g/mol. The van der Waals surface area contributed by atoms with Gasteiger partial charge >= 0.3 is 0 Å². The van der Waals surface area contributed by atoms with E-state index in [1.54, 1.807) is 30.3 Å². The fourth-order valence-corrected chi connectivity index (χ4v) is 4.62. The van der Waals surface area contributed by atoms with Gasteiger partial charge in [-0.05, 0) is 64.3 Å². The molecule has 35 heavy (non-hydrogen) atoms. The first kappa shape index (κ1) is 26.7. The van der Waals surface area contributed by atoms with Crippen molar-refractivity contribution in [2.45, 2.75) is 18.4 Å². The first-order chi connectivity index (χ1) is 16.5. The molecule has 9 nitrogen and oxygen atoms in total. The predicted molar refractivity (Wildman–Crippen MR) is 137 cm³/mol. The highest BCUT2D eigenvalue weighted by molar-refractivity contribution is 9.10. The van der Waals surface area contributed by atoms with Crippen LogP contribution in [0, 0.1) is 17.0 Å². The van der Waals surface area contributed by atoms with Crippen molar-refractivity contribution in [3.8, 4) is 11.5 Å². The molecule has 0 aromatic heterocycles. The maximum atomic E-state index is 12.5. The van der Waals surface area contributed by atoms with Gasteiger partial charge in [0.2, 0.25) is 0 Å².